The van der Waals surface area contributed by atoms with Gasteiger partial charge < -0.3 is 24.7 Å². The lowest BCUT2D eigenvalue weighted by Gasteiger charge is -2.37. The first-order chi connectivity index (χ1) is 20.0. The topological polar surface area (TPSA) is 146 Å². The molecule has 0 spiro atoms. The van der Waals surface area contributed by atoms with E-state index in [4.69, 9.17) is 14.9 Å². The van der Waals surface area contributed by atoms with E-state index < -0.39 is 28.5 Å². The Morgan fingerprint density at radius 1 is 1.10 bits per heavy atom. The number of thioether (sulfide) groups is 1. The first-order valence-electron chi connectivity index (χ1n) is 13.0. The Bertz CT molecular complexity index is 1240. The number of nitro benzene ring substituents is 1. The fourth-order valence-corrected chi connectivity index (χ4v) is 4.68. The molecular formula is C28H34F2N4O7S. The van der Waals surface area contributed by atoms with Crippen molar-refractivity contribution in [1.82, 2.24) is 9.80 Å². The third kappa shape index (κ3) is 12.2. The van der Waals surface area contributed by atoms with Crippen LogP contribution in [-0.4, -0.2) is 87.6 Å². The average Bonchev–Trinajstić information content (AvgIpc) is 2.97. The molecule has 0 aromatic heterocycles. The normalized spacial score (nSPS) is 14.2. The number of nitro groups is 1. The Balaban J connectivity index is 0.000000675. The second-order valence-corrected chi connectivity index (χ2v) is 9.97. The van der Waals surface area contributed by atoms with Crippen molar-refractivity contribution in [3.05, 3.63) is 76.4 Å². The maximum atomic E-state index is 13.2. The number of rotatable bonds is 11. The van der Waals surface area contributed by atoms with Crippen molar-refractivity contribution in [2.45, 2.75) is 31.7 Å². The van der Waals surface area contributed by atoms with Gasteiger partial charge >= 0.3 is 11.9 Å². The molecule has 0 unspecified atom stereocenters. The summed E-state index contributed by atoms with van der Waals surface area (Å²) in [7, 11) is 2.05. The van der Waals surface area contributed by atoms with Crippen LogP contribution >= 0.6 is 11.8 Å². The zero-order valence-corrected chi connectivity index (χ0v) is 24.1. The number of nitrogens with zero attached hydrogens (tertiary/aromatic N) is 4. The maximum Gasteiger partial charge on any atom is 0.328 e. The van der Waals surface area contributed by atoms with E-state index in [0.29, 0.717) is 36.2 Å². The monoisotopic (exact) mass is 608 g/mol. The van der Waals surface area contributed by atoms with Gasteiger partial charge in [-0.2, -0.15) is 0 Å². The summed E-state index contributed by atoms with van der Waals surface area (Å²) in [6.07, 6.45) is 6.98. The van der Waals surface area contributed by atoms with Crippen molar-refractivity contribution in [2.75, 3.05) is 39.5 Å². The van der Waals surface area contributed by atoms with Crippen LogP contribution in [0.25, 0.3) is 0 Å². The van der Waals surface area contributed by atoms with Gasteiger partial charge in [0.15, 0.2) is 16.8 Å². The lowest BCUT2D eigenvalue weighted by Crippen LogP contribution is -2.45. The summed E-state index contributed by atoms with van der Waals surface area (Å²) >= 11 is 1.57. The summed E-state index contributed by atoms with van der Waals surface area (Å²) in [6, 6.07) is 10.2. The van der Waals surface area contributed by atoms with Crippen LogP contribution in [0.1, 0.15) is 25.7 Å². The molecule has 0 radical (unpaired) electrons. The summed E-state index contributed by atoms with van der Waals surface area (Å²) in [6.45, 7) is 3.45. The largest absolute Gasteiger partial charge is 0.493 e. The number of piperidine rings is 1. The highest BCUT2D eigenvalue weighted by molar-refractivity contribution is 8.13. The molecule has 0 atom stereocenters. The van der Waals surface area contributed by atoms with Crippen molar-refractivity contribution in [3.63, 3.8) is 0 Å². The summed E-state index contributed by atoms with van der Waals surface area (Å²) in [5.74, 6) is -3.93. The molecule has 1 fully saturated rings. The fraction of sp³-hybridized carbons (Fsp3) is 0.393. The molecule has 0 bridgehead atoms. The van der Waals surface area contributed by atoms with Gasteiger partial charge in [0.2, 0.25) is 0 Å². The molecule has 0 saturated carbocycles. The quantitative estimate of drug-likeness (QED) is 0.0873. The van der Waals surface area contributed by atoms with Gasteiger partial charge in [-0.15, -0.1) is 0 Å². The first-order valence-corrected chi connectivity index (χ1v) is 14.3. The zero-order chi connectivity index (χ0) is 31.1. The number of carbonyl (C=O) groups is 2. The van der Waals surface area contributed by atoms with Gasteiger partial charge in [-0.25, -0.2) is 23.4 Å². The third-order valence-corrected chi connectivity index (χ3v) is 7.02. The van der Waals surface area contributed by atoms with Crippen LogP contribution in [0.4, 0.5) is 20.2 Å². The minimum absolute atomic E-state index is 0.0568. The van der Waals surface area contributed by atoms with E-state index in [1.807, 2.05) is 6.26 Å². The van der Waals surface area contributed by atoms with Crippen molar-refractivity contribution >= 4 is 40.2 Å². The van der Waals surface area contributed by atoms with Gasteiger partial charge in [0, 0.05) is 56.5 Å². The first kappa shape index (κ1) is 34.2. The standard InChI is InChI=1S/C24H30F2N4O3S.C4H4O4/c1-28(24(34-2)27-18-5-7-20(8-6-18)30(31)32)19-11-14-29(15-12-19)13-3-4-16-33-21-9-10-22(25)23(26)17-21;5-3(6)1-2-4(7)8/h5-10,17,19H,3-4,11-16H2,1-2H3;1-2H,(H,5,6)(H,7,8)/b;2-1+. The van der Waals surface area contributed by atoms with Crippen LogP contribution in [0.2, 0.25) is 0 Å². The molecule has 0 aliphatic carbocycles. The van der Waals surface area contributed by atoms with E-state index in [9.17, 15) is 28.5 Å². The molecular weight excluding hydrogens is 574 g/mol. The highest BCUT2D eigenvalue weighted by Crippen LogP contribution is 2.24. The Hall–Kier alpha value is -4.04. The number of hydrogen-bond acceptors (Lipinski definition) is 8. The molecule has 2 N–H and O–H groups in total. The number of benzene rings is 2. The third-order valence-electron chi connectivity index (χ3n) is 6.27. The van der Waals surface area contributed by atoms with Crippen molar-refractivity contribution in [2.24, 2.45) is 4.99 Å². The summed E-state index contributed by atoms with van der Waals surface area (Å²) in [5, 5.41) is 27.3. The smallest absolute Gasteiger partial charge is 0.328 e. The number of aliphatic imine (C=N–C) groups is 1. The molecule has 228 valence electrons. The molecule has 1 aliphatic heterocycles. The van der Waals surface area contributed by atoms with Crippen molar-refractivity contribution in [1.29, 1.82) is 0 Å². The molecule has 2 aromatic carbocycles. The van der Waals surface area contributed by atoms with E-state index >= 15 is 0 Å². The predicted molar refractivity (Wildman–Crippen MR) is 156 cm³/mol. The van der Waals surface area contributed by atoms with Crippen molar-refractivity contribution in [3.8, 4) is 5.75 Å². The number of hydrogen-bond donors (Lipinski definition) is 2. The molecule has 1 saturated heterocycles. The van der Waals surface area contributed by atoms with E-state index in [-0.39, 0.29) is 5.69 Å². The minimum atomic E-state index is -1.26. The highest BCUT2D eigenvalue weighted by atomic mass is 32.2. The van der Waals surface area contributed by atoms with Gasteiger partial charge in [-0.3, -0.25) is 10.1 Å². The lowest BCUT2D eigenvalue weighted by molar-refractivity contribution is -0.384. The second-order valence-electron chi connectivity index (χ2n) is 9.20. The zero-order valence-electron chi connectivity index (χ0n) is 23.3. The van der Waals surface area contributed by atoms with E-state index in [0.717, 1.165) is 62.6 Å². The van der Waals surface area contributed by atoms with E-state index in [2.05, 4.69) is 21.8 Å². The Morgan fingerprint density at radius 2 is 1.71 bits per heavy atom. The second kappa shape index (κ2) is 17.7. The molecule has 42 heavy (non-hydrogen) atoms. The number of likely N-dealkylation sites (tertiary alicyclic amines) is 1. The molecule has 0 amide bonds. The van der Waals surface area contributed by atoms with Crippen LogP contribution < -0.4 is 4.74 Å². The molecule has 2 aromatic rings. The fourth-order valence-electron chi connectivity index (χ4n) is 4.05. The summed E-state index contributed by atoms with van der Waals surface area (Å²) in [4.78, 5) is 38.9. The van der Waals surface area contributed by atoms with E-state index in [1.165, 1.54) is 18.2 Å². The number of carboxylic acid groups (broad SMARTS) is 2. The van der Waals surface area contributed by atoms with Crippen molar-refractivity contribution < 1.29 is 38.2 Å². The number of ether oxygens (including phenoxy) is 1. The van der Waals surface area contributed by atoms with Gasteiger partial charge in [-0.05, 0) is 62.7 Å². The average molecular weight is 609 g/mol. The molecule has 3 rings (SSSR count). The van der Waals surface area contributed by atoms with Crippen LogP contribution in [0.5, 0.6) is 5.75 Å². The Labute approximate surface area is 246 Å². The number of non-ortho nitro benzene ring substituents is 1. The summed E-state index contributed by atoms with van der Waals surface area (Å²) < 4.78 is 31.7. The maximum absolute atomic E-state index is 13.2. The lowest BCUT2D eigenvalue weighted by atomic mass is 10.0. The van der Waals surface area contributed by atoms with Crippen LogP contribution in [-0.2, 0) is 9.59 Å². The number of aliphatic carboxylic acids is 2. The van der Waals surface area contributed by atoms with Crippen LogP contribution in [0.3, 0.4) is 0 Å². The Morgan fingerprint density at radius 3 is 2.24 bits per heavy atom. The minimum Gasteiger partial charge on any atom is -0.493 e. The van der Waals surface area contributed by atoms with Gasteiger partial charge in [0.1, 0.15) is 5.75 Å². The number of amidine groups is 1. The highest BCUT2D eigenvalue weighted by Gasteiger charge is 2.24. The number of halogens is 2. The number of carboxylic acids is 2. The van der Waals surface area contributed by atoms with Crippen LogP contribution in [0, 0.1) is 21.7 Å². The van der Waals surface area contributed by atoms with Crippen LogP contribution in [0.15, 0.2) is 59.6 Å². The molecule has 1 aliphatic rings. The SMILES string of the molecule is CSC(=Nc1ccc([N+](=O)[O-])cc1)N(C)C1CCN(CCCCOc2ccc(F)c(F)c2)CC1.O=C(O)/C=C/C(=O)O. The predicted octanol–water partition coefficient (Wildman–Crippen LogP) is 5.19. The molecule has 11 nitrogen and oxygen atoms in total. The molecule has 1 heterocycles. The van der Waals surface area contributed by atoms with Gasteiger partial charge in [0.25, 0.3) is 5.69 Å². The number of unbranched alkanes of at least 4 members (excludes halogenated alkanes) is 1. The molecule has 14 heteroatoms. The summed E-state index contributed by atoms with van der Waals surface area (Å²) in [5.41, 5.74) is 0.756. The van der Waals surface area contributed by atoms with Gasteiger partial charge in [-0.1, -0.05) is 11.8 Å². The van der Waals surface area contributed by atoms with E-state index in [1.54, 1.807) is 23.9 Å². The Kier molecular flexibility index (Phi) is 14.4. The van der Waals surface area contributed by atoms with Gasteiger partial charge in [0.05, 0.1) is 17.2 Å².